The number of pyridine rings is 1. The molecule has 0 saturated carbocycles. The molecule has 3 aromatic rings. The number of hydrogen-bond donors (Lipinski definition) is 2. The summed E-state index contributed by atoms with van der Waals surface area (Å²) in [4.78, 5) is 28.9. The Balaban J connectivity index is 0.000000333. The molecule has 0 fully saturated rings. The van der Waals surface area contributed by atoms with Gasteiger partial charge in [-0.15, -0.1) is 0 Å². The van der Waals surface area contributed by atoms with Crippen molar-refractivity contribution in [3.63, 3.8) is 0 Å². The second-order valence-electron chi connectivity index (χ2n) is 8.26. The largest absolute Gasteiger partial charge is 0.490 e. The van der Waals surface area contributed by atoms with E-state index in [4.69, 9.17) is 24.5 Å². The minimum atomic E-state index is -5.08. The molecule has 0 radical (unpaired) electrons. The van der Waals surface area contributed by atoms with Gasteiger partial charge in [-0.25, -0.2) is 14.6 Å². The van der Waals surface area contributed by atoms with E-state index in [-0.39, 0.29) is 6.04 Å². The number of alkyl halides is 6. The lowest BCUT2D eigenvalue weighted by Crippen LogP contribution is -2.38. The molecule has 4 rings (SSSR count). The van der Waals surface area contributed by atoms with Crippen LogP contribution >= 0.6 is 0 Å². The highest BCUT2D eigenvalue weighted by molar-refractivity contribution is 5.73. The fourth-order valence-electron chi connectivity index (χ4n) is 3.42. The third-order valence-electron chi connectivity index (χ3n) is 5.18. The third-order valence-corrected chi connectivity index (χ3v) is 5.18. The van der Waals surface area contributed by atoms with E-state index < -0.39 is 24.3 Å². The summed E-state index contributed by atoms with van der Waals surface area (Å²) in [5.74, 6) is -5.51. The molecule has 1 aliphatic rings. The van der Waals surface area contributed by atoms with Gasteiger partial charge in [0.1, 0.15) is 0 Å². The molecule has 0 saturated heterocycles. The van der Waals surface area contributed by atoms with Gasteiger partial charge in [-0.05, 0) is 19.1 Å². The first kappa shape index (κ1) is 32.2. The molecule has 2 N–H and O–H groups in total. The Labute approximate surface area is 223 Å². The van der Waals surface area contributed by atoms with Gasteiger partial charge in [-0.1, -0.05) is 6.07 Å². The number of carboxylic acids is 2. The number of ether oxygens (including phenoxy) is 1. The molecule has 0 bridgehead atoms. The van der Waals surface area contributed by atoms with Gasteiger partial charge in [0.25, 0.3) is 0 Å². The highest BCUT2D eigenvalue weighted by Gasteiger charge is 2.38. The lowest BCUT2D eigenvalue weighted by atomic mass is 10.2. The fourth-order valence-corrected chi connectivity index (χ4v) is 3.42. The lowest BCUT2D eigenvalue weighted by Gasteiger charge is -2.34. The standard InChI is InChI=1S/C19H24N6O.2C2HF3O2/c1-2-24-10-16(7-22-24)9-23-11-18-8-20-15-25(18)19(12-23)14-26-13-17-5-3-4-6-21-17;2*3-2(4,5)1(6)7/h3-8,10,15,19H,2,9,11-14H2,1H3;2*(H,6,7). The molecule has 40 heavy (non-hydrogen) atoms. The van der Waals surface area contributed by atoms with Crippen LogP contribution in [0.1, 0.15) is 29.9 Å². The summed E-state index contributed by atoms with van der Waals surface area (Å²) in [6.07, 6.45) is -0.421. The average Bonchev–Trinajstić information content (AvgIpc) is 3.54. The van der Waals surface area contributed by atoms with Crippen molar-refractivity contribution in [1.82, 2.24) is 29.2 Å². The molecular formula is C23H26F6N6O5. The van der Waals surface area contributed by atoms with Gasteiger partial charge in [-0.2, -0.15) is 31.4 Å². The fraction of sp³-hybridized carbons (Fsp3) is 0.435. The first-order valence-electron chi connectivity index (χ1n) is 11.5. The maximum atomic E-state index is 10.6. The van der Waals surface area contributed by atoms with Gasteiger partial charge >= 0.3 is 24.3 Å². The van der Waals surface area contributed by atoms with Gasteiger partial charge < -0.3 is 19.5 Å². The zero-order valence-electron chi connectivity index (χ0n) is 21.0. The molecule has 0 aromatic carbocycles. The van der Waals surface area contributed by atoms with Gasteiger partial charge in [0.05, 0.1) is 43.2 Å². The molecule has 0 amide bonds. The number of carbonyl (C=O) groups is 2. The number of carboxylic acid groups (broad SMARTS) is 2. The molecule has 3 aromatic heterocycles. The van der Waals surface area contributed by atoms with Gasteiger partial charge in [0.2, 0.25) is 0 Å². The van der Waals surface area contributed by atoms with Crippen molar-refractivity contribution >= 4 is 11.9 Å². The maximum absolute atomic E-state index is 10.6. The summed E-state index contributed by atoms with van der Waals surface area (Å²) in [6, 6.07) is 6.15. The van der Waals surface area contributed by atoms with E-state index in [1.165, 1.54) is 11.3 Å². The molecule has 1 atom stereocenters. The lowest BCUT2D eigenvalue weighted by molar-refractivity contribution is -0.193. The van der Waals surface area contributed by atoms with Crippen LogP contribution in [-0.4, -0.2) is 76.9 Å². The number of rotatable bonds is 7. The summed E-state index contributed by atoms with van der Waals surface area (Å²) >= 11 is 0. The number of fused-ring (bicyclic) bond motifs is 1. The quantitative estimate of drug-likeness (QED) is 0.403. The number of imidazole rings is 1. The van der Waals surface area contributed by atoms with Gasteiger partial charge in [0.15, 0.2) is 0 Å². The minimum absolute atomic E-state index is 0.256. The van der Waals surface area contributed by atoms with Crippen LogP contribution in [0, 0.1) is 0 Å². The second kappa shape index (κ2) is 14.4. The average molecular weight is 580 g/mol. The maximum Gasteiger partial charge on any atom is 0.490 e. The van der Waals surface area contributed by atoms with Crippen LogP contribution in [0.5, 0.6) is 0 Å². The number of aryl methyl sites for hydroxylation is 1. The van der Waals surface area contributed by atoms with E-state index in [2.05, 4.69) is 37.7 Å². The van der Waals surface area contributed by atoms with E-state index in [9.17, 15) is 26.3 Å². The van der Waals surface area contributed by atoms with Crippen LogP contribution in [0.15, 0.2) is 49.3 Å². The van der Waals surface area contributed by atoms with Crippen molar-refractivity contribution in [3.8, 4) is 0 Å². The summed E-state index contributed by atoms with van der Waals surface area (Å²) < 4.78 is 73.6. The van der Waals surface area contributed by atoms with E-state index in [0.29, 0.717) is 13.2 Å². The highest BCUT2D eigenvalue weighted by atomic mass is 19.4. The third kappa shape index (κ3) is 10.6. The first-order chi connectivity index (χ1) is 18.7. The predicted molar refractivity (Wildman–Crippen MR) is 125 cm³/mol. The Kier molecular flexibility index (Phi) is 11.6. The van der Waals surface area contributed by atoms with Crippen molar-refractivity contribution in [2.45, 2.75) is 51.6 Å². The molecule has 0 aliphatic carbocycles. The van der Waals surface area contributed by atoms with E-state index in [0.717, 1.165) is 31.9 Å². The molecule has 17 heteroatoms. The van der Waals surface area contributed by atoms with Crippen LogP contribution in [0.4, 0.5) is 26.3 Å². The zero-order chi connectivity index (χ0) is 29.9. The predicted octanol–water partition coefficient (Wildman–Crippen LogP) is 3.53. The molecule has 4 heterocycles. The van der Waals surface area contributed by atoms with Crippen molar-refractivity contribution in [2.75, 3.05) is 13.2 Å². The van der Waals surface area contributed by atoms with Gasteiger partial charge in [-0.3, -0.25) is 14.6 Å². The van der Waals surface area contributed by atoms with Crippen LogP contribution in [0.25, 0.3) is 0 Å². The summed E-state index contributed by atoms with van der Waals surface area (Å²) in [5.41, 5.74) is 3.43. The molecule has 11 nitrogen and oxygen atoms in total. The molecule has 220 valence electrons. The Morgan fingerprint density at radius 2 is 1.73 bits per heavy atom. The number of aliphatic carboxylic acids is 2. The molecule has 1 aliphatic heterocycles. The molecular weight excluding hydrogens is 554 g/mol. The van der Waals surface area contributed by atoms with Crippen LogP contribution < -0.4 is 0 Å². The SMILES string of the molecule is CCn1cc(CN2Cc3cncn3C(COCc3ccccn3)C2)cn1.O=C(O)C(F)(F)F.O=C(O)C(F)(F)F. The number of aromatic nitrogens is 5. The summed E-state index contributed by atoms with van der Waals surface area (Å²) in [6.45, 7) is 6.90. The second-order valence-corrected chi connectivity index (χ2v) is 8.26. The zero-order valence-corrected chi connectivity index (χ0v) is 21.0. The number of nitrogens with zero attached hydrogens (tertiary/aromatic N) is 6. The van der Waals surface area contributed by atoms with Crippen molar-refractivity contribution in [2.24, 2.45) is 0 Å². The van der Waals surface area contributed by atoms with E-state index >= 15 is 0 Å². The normalized spacial score (nSPS) is 15.2. The van der Waals surface area contributed by atoms with Crippen molar-refractivity contribution in [3.05, 3.63) is 66.3 Å². The van der Waals surface area contributed by atoms with Crippen LogP contribution in [0.2, 0.25) is 0 Å². The molecule has 0 spiro atoms. The smallest absolute Gasteiger partial charge is 0.475 e. The van der Waals surface area contributed by atoms with E-state index in [1.807, 2.05) is 41.6 Å². The Hall–Kier alpha value is -3.99. The Morgan fingerprint density at radius 3 is 2.25 bits per heavy atom. The highest BCUT2D eigenvalue weighted by Crippen LogP contribution is 2.23. The molecule has 1 unspecified atom stereocenters. The van der Waals surface area contributed by atoms with Crippen LogP contribution in [-0.2, 0) is 40.6 Å². The van der Waals surface area contributed by atoms with Crippen molar-refractivity contribution in [1.29, 1.82) is 0 Å². The topological polar surface area (TPSA) is 136 Å². The van der Waals surface area contributed by atoms with E-state index in [1.54, 1.807) is 6.20 Å². The monoisotopic (exact) mass is 580 g/mol. The minimum Gasteiger partial charge on any atom is -0.475 e. The first-order valence-corrected chi connectivity index (χ1v) is 11.5. The summed E-state index contributed by atoms with van der Waals surface area (Å²) in [5, 5.41) is 18.6. The Morgan fingerprint density at radius 1 is 1.07 bits per heavy atom. The van der Waals surface area contributed by atoms with Gasteiger partial charge in [0, 0.05) is 50.3 Å². The number of halogens is 6. The summed E-state index contributed by atoms with van der Waals surface area (Å²) in [7, 11) is 0. The Bertz CT molecular complexity index is 1190. The van der Waals surface area contributed by atoms with Crippen LogP contribution in [0.3, 0.4) is 0 Å². The van der Waals surface area contributed by atoms with Crippen molar-refractivity contribution < 1.29 is 50.9 Å². The number of hydrogen-bond acceptors (Lipinski definition) is 7.